The Morgan fingerprint density at radius 1 is 0.348 bits per heavy atom. The van der Waals surface area contributed by atoms with E-state index in [0.29, 0.717) is 112 Å². The summed E-state index contributed by atoms with van der Waals surface area (Å²) in [6.45, 7) is 25.8. The number of hydrogen-bond acceptors (Lipinski definition) is 20. The highest BCUT2D eigenvalue weighted by Gasteiger charge is 2.33. The van der Waals surface area contributed by atoms with Crippen LogP contribution in [0.5, 0.6) is 0 Å². The molecule has 0 amide bonds. The lowest BCUT2D eigenvalue weighted by molar-refractivity contribution is -0.137. The smallest absolute Gasteiger partial charge is 0.379 e. The summed E-state index contributed by atoms with van der Waals surface area (Å²) in [5, 5.41) is 31.5. The third kappa shape index (κ3) is 23.9. The Hall–Kier alpha value is -15.6. The van der Waals surface area contributed by atoms with Crippen molar-refractivity contribution in [1.82, 2.24) is 103 Å². The molecule has 0 radical (unpaired) electrons. The van der Waals surface area contributed by atoms with Gasteiger partial charge in [-0.2, -0.15) is 60.7 Å². The van der Waals surface area contributed by atoms with Gasteiger partial charge in [-0.25, -0.2) is 24.9 Å². The molecule has 0 aliphatic heterocycles. The predicted octanol–water partition coefficient (Wildman–Crippen LogP) is 18.7. The Labute approximate surface area is 785 Å². The molecule has 0 fully saturated rings. The van der Waals surface area contributed by atoms with Gasteiger partial charge in [0.15, 0.2) is 29.1 Å². The van der Waals surface area contributed by atoms with E-state index in [0.717, 1.165) is 90.4 Å². The molecular weight excluding hydrogens is 1800 g/mol. The zero-order valence-corrected chi connectivity index (χ0v) is 78.2. The molecule has 10 aromatic heterocycles. The maximum absolute atomic E-state index is 13.1. The van der Waals surface area contributed by atoms with Gasteiger partial charge >= 0.3 is 6.18 Å². The van der Waals surface area contributed by atoms with E-state index in [1.54, 1.807) is 30.3 Å². The van der Waals surface area contributed by atoms with E-state index in [2.05, 4.69) is 210 Å². The van der Waals surface area contributed by atoms with E-state index < -0.39 is 17.3 Å². The Morgan fingerprint density at radius 2 is 0.726 bits per heavy atom. The van der Waals surface area contributed by atoms with Gasteiger partial charge in [0, 0.05) is 96.9 Å². The fourth-order valence-electron chi connectivity index (χ4n) is 14.4. The summed E-state index contributed by atoms with van der Waals surface area (Å²) in [6.07, 6.45) is -2.24. The molecule has 35 heteroatoms. The van der Waals surface area contributed by atoms with Crippen LogP contribution in [0.3, 0.4) is 0 Å². The van der Waals surface area contributed by atoms with Crippen LogP contribution in [0.4, 0.5) is 35.9 Å². The number of halogens is 5. The summed E-state index contributed by atoms with van der Waals surface area (Å²) in [7, 11) is 0. The van der Waals surface area contributed by atoms with E-state index in [-0.39, 0.29) is 51.4 Å². The molecule has 0 atom stereocenters. The molecule has 19 aromatic rings. The molecule has 0 aliphatic carbocycles. The molecule has 19 rings (SSSR count). The van der Waals surface area contributed by atoms with Gasteiger partial charge in [0.1, 0.15) is 0 Å². The molecule has 688 valence electrons. The lowest BCUT2D eigenvalue weighted by Gasteiger charge is -2.18. The number of rotatable bonds is 22. The zero-order valence-electron chi connectivity index (χ0n) is 75.8. The third-order valence-electron chi connectivity index (χ3n) is 21.8. The SMILES string of the molecule is CCCCNCc1cc(=O)n2[nH]c(-c3ccc(C(C)(C)C)cc3)nc2n1.Cc1ccc(-c2nc3nc(CNc4ccc(Br)cc4)cc(=O)n3[nH]2)cc1.Cc1cccc(-c2nc3nc(CNc4ccc(C)c(C)c4)cc(=O)n3[nH]2)c1.Cc1cccc(-c2nc3nc(CNc4ccc(C)cc4C)cc(=O)n3[nH]2)c1.O=c1cc(CNc2ccccc2C(F)(F)F)nc2nc(-c3ccc(Cl)cc3)[nH]n12. The summed E-state index contributed by atoms with van der Waals surface area (Å²) in [5.41, 5.74) is 18.0. The van der Waals surface area contributed by atoms with Crippen molar-refractivity contribution in [2.45, 2.75) is 133 Å². The van der Waals surface area contributed by atoms with Gasteiger partial charge < -0.3 is 26.6 Å². The Morgan fingerprint density at radius 3 is 1.14 bits per heavy atom. The highest BCUT2D eigenvalue weighted by Crippen LogP contribution is 2.35. The van der Waals surface area contributed by atoms with Crippen molar-refractivity contribution in [3.63, 3.8) is 0 Å². The number of unbranched alkanes of at least 4 members (excludes halogenated alkanes) is 1. The van der Waals surface area contributed by atoms with Gasteiger partial charge in [-0.05, 0) is 180 Å². The molecule has 0 spiro atoms. The van der Waals surface area contributed by atoms with Gasteiger partial charge in [0.05, 0.1) is 60.2 Å². The van der Waals surface area contributed by atoms with Crippen LogP contribution < -0.4 is 54.4 Å². The second-order valence-corrected chi connectivity index (χ2v) is 34.9. The maximum atomic E-state index is 13.1. The van der Waals surface area contributed by atoms with Crippen LogP contribution >= 0.6 is 27.5 Å². The molecule has 9 aromatic carbocycles. The normalized spacial score (nSPS) is 11.4. The summed E-state index contributed by atoms with van der Waals surface area (Å²) >= 11 is 9.28. The summed E-state index contributed by atoms with van der Waals surface area (Å²) in [4.78, 5) is 107. The summed E-state index contributed by atoms with van der Waals surface area (Å²) in [5.74, 6) is 4.55. The molecule has 135 heavy (non-hydrogen) atoms. The highest BCUT2D eigenvalue weighted by molar-refractivity contribution is 9.10. The largest absolute Gasteiger partial charge is 0.418 e. The first kappa shape index (κ1) is 94.1. The number of hydrogen-bond donors (Lipinski definition) is 10. The average Bonchev–Trinajstić information content (AvgIpc) is 1.67. The predicted molar refractivity (Wildman–Crippen MR) is 526 cm³/mol. The standard InChI is InChI=1S/2C21H21N5O.C20H27N5O.C19H16BrN5O.C19H13ClF3N5O/c1-13-5-4-6-16(10-13)20-24-21-23-17(11-19(27)26(21)25-20)12-22-18-8-7-14(2)9-15(18)3;1-13-5-4-6-16(9-13)20-24-21-23-18(11-19(27)26(21)25-20)12-22-17-8-7-14(2)15(3)10-17;1-5-6-11-21-13-16-12-17(26)25-19(22-16)23-18(24-25)14-7-9-15(10-8-14)20(2,3)4;1-12-2-4-13(5-3-12)18-23-19-22-16(10-17(26)25(19)24-18)11-21-15-8-6-14(20)7-9-15;20-12-7-5-11(6-8-12)17-26-18-25-13(9-16(29)28(18)27-17)10-24-15-4-2-1-3-14(15)19(21,22)23/h2*4-11,22H,12H2,1-3H3,(H,23,24,25);7-10,12,21H,5-6,11,13H2,1-4H3,(H,22,23,24);2-10,21H,11H2,1H3,(H,22,23,24);1-9,24H,10H2,(H,25,26,27). The molecule has 0 bridgehead atoms. The lowest BCUT2D eigenvalue weighted by atomic mass is 9.87. The first-order valence-corrected chi connectivity index (χ1v) is 44.7. The highest BCUT2D eigenvalue weighted by atomic mass is 79.9. The molecule has 30 nitrogen and oxygen atoms in total. The number of H-pyrrole nitrogens is 5. The van der Waals surface area contributed by atoms with Crippen molar-refractivity contribution < 1.29 is 13.2 Å². The number of nitrogens with zero attached hydrogens (tertiary/aromatic N) is 15. The number of benzene rings is 9. The third-order valence-corrected chi connectivity index (χ3v) is 22.6. The molecule has 10 N–H and O–H groups in total. The minimum Gasteiger partial charge on any atom is -0.379 e. The van der Waals surface area contributed by atoms with Crippen molar-refractivity contribution in [2.24, 2.45) is 0 Å². The van der Waals surface area contributed by atoms with Crippen molar-refractivity contribution in [1.29, 1.82) is 0 Å². The van der Waals surface area contributed by atoms with Gasteiger partial charge in [-0.15, -0.1) is 0 Å². The number of nitrogens with one attached hydrogen (secondary N) is 10. The molecular formula is C100H98BrClF3N25O5. The molecule has 0 saturated heterocycles. The van der Waals surface area contributed by atoms with Crippen LogP contribution in [-0.2, 0) is 44.3 Å². The zero-order chi connectivity index (χ0) is 95.4. The Bertz CT molecular complexity index is 7780. The maximum Gasteiger partial charge on any atom is 0.418 e. The van der Waals surface area contributed by atoms with E-state index in [1.165, 1.54) is 88.3 Å². The van der Waals surface area contributed by atoms with Crippen molar-refractivity contribution in [3.05, 3.63) is 376 Å². The second-order valence-electron chi connectivity index (χ2n) is 33.5. The van der Waals surface area contributed by atoms with Gasteiger partial charge in [0.2, 0.25) is 0 Å². The monoisotopic (exact) mass is 1900 g/mol. The molecule has 0 aliphatic rings. The van der Waals surface area contributed by atoms with Crippen LogP contribution in [0.2, 0.25) is 5.02 Å². The number of fused-ring (bicyclic) bond motifs is 5. The minimum atomic E-state index is -4.49. The Balaban J connectivity index is 0.000000129. The van der Waals surface area contributed by atoms with E-state index in [9.17, 15) is 37.1 Å². The number of alkyl halides is 3. The lowest BCUT2D eigenvalue weighted by Crippen LogP contribution is -2.20. The first-order valence-electron chi connectivity index (χ1n) is 43.5. The van der Waals surface area contributed by atoms with E-state index >= 15 is 0 Å². The topological polar surface area (TPSA) is 375 Å². The minimum absolute atomic E-state index is 0.0675. The van der Waals surface area contributed by atoms with Crippen LogP contribution in [0, 0.1) is 48.5 Å². The summed E-state index contributed by atoms with van der Waals surface area (Å²) < 4.78 is 47.0. The van der Waals surface area contributed by atoms with Crippen LogP contribution in [0.15, 0.2) is 265 Å². The number of aryl methyl sites for hydroxylation is 7. The van der Waals surface area contributed by atoms with Crippen LogP contribution in [0.25, 0.3) is 85.8 Å². The molecule has 0 unspecified atom stereocenters. The number of aromatic amines is 5. The van der Waals surface area contributed by atoms with Gasteiger partial charge in [-0.3, -0.25) is 49.5 Å². The van der Waals surface area contributed by atoms with Crippen molar-refractivity contribution in [3.8, 4) is 56.9 Å². The van der Waals surface area contributed by atoms with Crippen LogP contribution in [-0.4, -0.2) is 104 Å². The second kappa shape index (κ2) is 41.5. The van der Waals surface area contributed by atoms with Crippen molar-refractivity contribution >= 4 is 79.2 Å². The summed E-state index contributed by atoms with van der Waals surface area (Å²) in [6, 6.07) is 71.7. The fraction of sp³-hybridized carbons (Fsp3) is 0.210. The van der Waals surface area contributed by atoms with Crippen LogP contribution in [0.1, 0.15) is 119 Å². The van der Waals surface area contributed by atoms with Gasteiger partial charge in [0.25, 0.3) is 56.7 Å². The number of para-hydroxylation sites is 1. The van der Waals surface area contributed by atoms with Gasteiger partial charge in [-0.1, -0.05) is 199 Å². The molecule has 0 saturated carbocycles. The quantitative estimate of drug-likeness (QED) is 0.0282. The number of aromatic nitrogens is 20. The number of anilines is 4. The van der Waals surface area contributed by atoms with Crippen molar-refractivity contribution in [2.75, 3.05) is 27.8 Å². The molecule has 10 heterocycles. The van der Waals surface area contributed by atoms with E-state index in [1.807, 2.05) is 142 Å². The first-order chi connectivity index (χ1) is 64.8. The Kier molecular flexibility index (Phi) is 28.9. The van der Waals surface area contributed by atoms with E-state index in [4.69, 9.17) is 11.6 Å². The average molecular weight is 1900 g/mol. The fourth-order valence-corrected chi connectivity index (χ4v) is 14.7.